The first-order chi connectivity index (χ1) is 7.72. The average Bonchev–Trinajstić information content (AvgIpc) is 2.85. The van der Waals surface area contributed by atoms with Crippen LogP contribution in [0, 0.1) is 0 Å². The quantitative estimate of drug-likeness (QED) is 0.755. The van der Waals surface area contributed by atoms with Crippen molar-refractivity contribution >= 4 is 11.6 Å². The van der Waals surface area contributed by atoms with E-state index >= 15 is 0 Å². The average molecular weight is 242 g/mol. The Morgan fingerprint density at radius 1 is 1.50 bits per heavy atom. The number of aromatic nitrogens is 2. The maximum absolute atomic E-state index is 6.12. The summed E-state index contributed by atoms with van der Waals surface area (Å²) in [6.07, 6.45) is 2.13. The predicted octanol–water partition coefficient (Wildman–Crippen LogP) is 2.28. The first kappa shape index (κ1) is 11.9. The number of halogens is 1. The molecule has 0 aromatic carbocycles. The van der Waals surface area contributed by atoms with Crippen LogP contribution in [-0.4, -0.2) is 33.1 Å². The van der Waals surface area contributed by atoms with Crippen LogP contribution in [0.4, 0.5) is 0 Å². The van der Waals surface area contributed by atoms with E-state index in [0.29, 0.717) is 5.38 Å². The van der Waals surface area contributed by atoms with Gasteiger partial charge in [0.1, 0.15) is 0 Å². The molecule has 0 spiro atoms. The van der Waals surface area contributed by atoms with Gasteiger partial charge in [0.25, 0.3) is 0 Å². The Morgan fingerprint density at radius 2 is 2.31 bits per heavy atom. The van der Waals surface area contributed by atoms with E-state index in [0.717, 1.165) is 39.0 Å². The maximum Gasteiger partial charge on any atom is 0.0625 e. The summed E-state index contributed by atoms with van der Waals surface area (Å²) in [6, 6.07) is 2.23. The summed E-state index contributed by atoms with van der Waals surface area (Å²) in [7, 11) is 0. The number of alkyl halides is 1. The molecule has 0 saturated carbocycles. The van der Waals surface area contributed by atoms with Crippen molar-refractivity contribution in [3.63, 3.8) is 0 Å². The van der Waals surface area contributed by atoms with Gasteiger partial charge in [-0.3, -0.25) is 9.58 Å². The lowest BCUT2D eigenvalue weighted by Crippen LogP contribution is -2.22. The van der Waals surface area contributed by atoms with Gasteiger partial charge < -0.3 is 0 Å². The standard InChI is InChI=1S/C12H20ClN3/c1-3-11-7-12(16(4-2)14-11)9-15-6-5-10(13)8-15/h7,10H,3-6,8-9H2,1-2H3. The first-order valence-corrected chi connectivity index (χ1v) is 6.58. The van der Waals surface area contributed by atoms with Crippen molar-refractivity contribution in [2.45, 2.75) is 45.2 Å². The van der Waals surface area contributed by atoms with Crippen molar-refractivity contribution in [3.8, 4) is 0 Å². The molecule has 1 saturated heterocycles. The Hall–Kier alpha value is -0.540. The van der Waals surface area contributed by atoms with Crippen molar-refractivity contribution in [2.75, 3.05) is 13.1 Å². The molecule has 1 unspecified atom stereocenters. The second kappa shape index (κ2) is 5.19. The van der Waals surface area contributed by atoms with Crippen LogP contribution < -0.4 is 0 Å². The molecule has 3 nitrogen and oxygen atoms in total. The summed E-state index contributed by atoms with van der Waals surface area (Å²) in [5, 5.41) is 4.90. The molecule has 2 rings (SSSR count). The Bertz CT molecular complexity index is 348. The first-order valence-electron chi connectivity index (χ1n) is 6.15. The molecule has 1 aliphatic heterocycles. The summed E-state index contributed by atoms with van der Waals surface area (Å²) < 4.78 is 2.11. The summed E-state index contributed by atoms with van der Waals surface area (Å²) >= 11 is 6.12. The summed E-state index contributed by atoms with van der Waals surface area (Å²) in [4.78, 5) is 2.42. The molecule has 0 bridgehead atoms. The monoisotopic (exact) mass is 241 g/mol. The predicted molar refractivity (Wildman–Crippen MR) is 66.8 cm³/mol. The molecule has 1 aliphatic rings. The zero-order valence-electron chi connectivity index (χ0n) is 10.1. The molecule has 1 atom stereocenters. The van der Waals surface area contributed by atoms with Gasteiger partial charge in [0.2, 0.25) is 0 Å². The number of nitrogens with zero attached hydrogens (tertiary/aromatic N) is 3. The zero-order chi connectivity index (χ0) is 11.5. The lowest BCUT2D eigenvalue weighted by molar-refractivity contribution is 0.319. The Labute approximate surface area is 102 Å². The molecule has 16 heavy (non-hydrogen) atoms. The molecule has 0 N–H and O–H groups in total. The Balaban J connectivity index is 2.05. The third-order valence-corrected chi connectivity index (χ3v) is 3.53. The third-order valence-electron chi connectivity index (χ3n) is 3.18. The molecule has 0 amide bonds. The molecule has 4 heteroatoms. The number of hydrogen-bond donors (Lipinski definition) is 0. The van der Waals surface area contributed by atoms with E-state index in [2.05, 4.69) is 34.6 Å². The minimum Gasteiger partial charge on any atom is -0.296 e. The maximum atomic E-state index is 6.12. The van der Waals surface area contributed by atoms with Crippen molar-refractivity contribution in [1.82, 2.24) is 14.7 Å². The summed E-state index contributed by atoms with van der Waals surface area (Å²) in [6.45, 7) is 8.36. The molecule has 2 heterocycles. The number of rotatable bonds is 4. The second-order valence-electron chi connectivity index (χ2n) is 4.42. The van der Waals surface area contributed by atoms with E-state index < -0.39 is 0 Å². The lowest BCUT2D eigenvalue weighted by Gasteiger charge is -2.15. The van der Waals surface area contributed by atoms with Crippen LogP contribution in [0.15, 0.2) is 6.07 Å². The van der Waals surface area contributed by atoms with E-state index in [1.54, 1.807) is 0 Å². The fourth-order valence-electron chi connectivity index (χ4n) is 2.25. The highest BCUT2D eigenvalue weighted by atomic mass is 35.5. The number of aryl methyl sites for hydroxylation is 2. The minimum atomic E-state index is 0.337. The topological polar surface area (TPSA) is 21.1 Å². The van der Waals surface area contributed by atoms with Crippen molar-refractivity contribution < 1.29 is 0 Å². The van der Waals surface area contributed by atoms with E-state index in [1.807, 2.05) is 0 Å². The largest absolute Gasteiger partial charge is 0.296 e. The van der Waals surface area contributed by atoms with Crippen molar-refractivity contribution in [2.24, 2.45) is 0 Å². The zero-order valence-corrected chi connectivity index (χ0v) is 10.9. The van der Waals surface area contributed by atoms with E-state index in [1.165, 1.54) is 11.4 Å². The fourth-order valence-corrected chi connectivity index (χ4v) is 2.54. The van der Waals surface area contributed by atoms with Gasteiger partial charge in [-0.05, 0) is 25.8 Å². The van der Waals surface area contributed by atoms with E-state index in [9.17, 15) is 0 Å². The van der Waals surface area contributed by atoms with Crippen molar-refractivity contribution in [3.05, 3.63) is 17.5 Å². The van der Waals surface area contributed by atoms with Gasteiger partial charge >= 0.3 is 0 Å². The van der Waals surface area contributed by atoms with Gasteiger partial charge in [-0.1, -0.05) is 6.92 Å². The van der Waals surface area contributed by atoms with Gasteiger partial charge in [0.05, 0.1) is 11.4 Å². The smallest absolute Gasteiger partial charge is 0.0625 e. The normalized spacial score (nSPS) is 21.8. The SMILES string of the molecule is CCc1cc(CN2CCC(Cl)C2)n(CC)n1. The summed E-state index contributed by atoms with van der Waals surface area (Å²) in [5.74, 6) is 0. The summed E-state index contributed by atoms with van der Waals surface area (Å²) in [5.41, 5.74) is 2.52. The van der Waals surface area contributed by atoms with Gasteiger partial charge in [-0.2, -0.15) is 5.10 Å². The van der Waals surface area contributed by atoms with Gasteiger partial charge in [0, 0.05) is 31.6 Å². The molecule has 1 aromatic heterocycles. The van der Waals surface area contributed by atoms with Gasteiger partial charge in [-0.25, -0.2) is 0 Å². The van der Waals surface area contributed by atoms with Gasteiger partial charge in [0.15, 0.2) is 0 Å². The van der Waals surface area contributed by atoms with Gasteiger partial charge in [-0.15, -0.1) is 11.6 Å². The van der Waals surface area contributed by atoms with Crippen LogP contribution >= 0.6 is 11.6 Å². The molecule has 90 valence electrons. The number of likely N-dealkylation sites (tertiary alicyclic amines) is 1. The molecular weight excluding hydrogens is 222 g/mol. The van der Waals surface area contributed by atoms with Crippen LogP contribution in [0.1, 0.15) is 31.7 Å². The molecule has 1 aromatic rings. The van der Waals surface area contributed by atoms with Crippen LogP contribution in [0.2, 0.25) is 0 Å². The highest BCUT2D eigenvalue weighted by Gasteiger charge is 2.21. The molecule has 1 fully saturated rings. The third kappa shape index (κ3) is 2.58. The Morgan fingerprint density at radius 3 is 2.88 bits per heavy atom. The second-order valence-corrected chi connectivity index (χ2v) is 5.03. The van der Waals surface area contributed by atoms with E-state index in [4.69, 9.17) is 11.6 Å². The van der Waals surface area contributed by atoms with E-state index in [-0.39, 0.29) is 0 Å². The molecule has 0 aliphatic carbocycles. The van der Waals surface area contributed by atoms with Crippen LogP contribution in [0.3, 0.4) is 0 Å². The molecular formula is C12H20ClN3. The fraction of sp³-hybridized carbons (Fsp3) is 0.750. The minimum absolute atomic E-state index is 0.337. The number of hydrogen-bond acceptors (Lipinski definition) is 2. The Kier molecular flexibility index (Phi) is 3.87. The highest BCUT2D eigenvalue weighted by molar-refractivity contribution is 6.20. The van der Waals surface area contributed by atoms with Crippen LogP contribution in [0.25, 0.3) is 0 Å². The van der Waals surface area contributed by atoms with Crippen LogP contribution in [0.5, 0.6) is 0 Å². The van der Waals surface area contributed by atoms with Crippen molar-refractivity contribution in [1.29, 1.82) is 0 Å². The molecule has 0 radical (unpaired) electrons. The highest BCUT2D eigenvalue weighted by Crippen LogP contribution is 2.18. The van der Waals surface area contributed by atoms with Crippen LogP contribution in [-0.2, 0) is 19.5 Å². The lowest BCUT2D eigenvalue weighted by atomic mass is 10.3.